The van der Waals surface area contributed by atoms with Crippen molar-refractivity contribution in [2.75, 3.05) is 17.6 Å². The Hall–Kier alpha value is -1.76. The second-order valence-electron chi connectivity index (χ2n) is 5.45. The summed E-state index contributed by atoms with van der Waals surface area (Å²) in [6.45, 7) is 3.18. The number of hydrogen-bond donors (Lipinski definition) is 2. The predicted octanol–water partition coefficient (Wildman–Crippen LogP) is 3.16. The Balaban J connectivity index is 1.88. The van der Waals surface area contributed by atoms with E-state index in [9.17, 15) is 0 Å². The first kappa shape index (κ1) is 13.7. The molecule has 0 radical (unpaired) electrons. The van der Waals surface area contributed by atoms with Crippen LogP contribution in [0.2, 0.25) is 0 Å². The molecule has 0 spiro atoms. The first-order valence-electron chi connectivity index (χ1n) is 7.12. The van der Waals surface area contributed by atoms with Crippen LogP contribution in [0.4, 0.5) is 11.5 Å². The average Bonchev–Trinajstić information content (AvgIpc) is 2.46. The maximum atomic E-state index is 9.06. The van der Waals surface area contributed by atoms with Gasteiger partial charge in [0.2, 0.25) is 0 Å². The van der Waals surface area contributed by atoms with Crippen LogP contribution in [0.1, 0.15) is 44.6 Å². The number of anilines is 2. The molecule has 2 rings (SSSR count). The summed E-state index contributed by atoms with van der Waals surface area (Å²) < 4.78 is 0. The number of nitrogens with zero attached hydrogens (tertiary/aromatic N) is 2. The zero-order valence-electron chi connectivity index (χ0n) is 11.5. The summed E-state index contributed by atoms with van der Waals surface area (Å²) in [7, 11) is 0. The highest BCUT2D eigenvalue weighted by Gasteiger charge is 2.20. The lowest BCUT2D eigenvalue weighted by Gasteiger charge is -2.28. The molecule has 0 amide bonds. The summed E-state index contributed by atoms with van der Waals surface area (Å²) in [6, 6.07) is 3.81. The van der Waals surface area contributed by atoms with Crippen LogP contribution >= 0.6 is 0 Å². The smallest absolute Gasteiger partial charge is 0.144 e. The van der Waals surface area contributed by atoms with Gasteiger partial charge in [0.25, 0.3) is 0 Å². The molecule has 0 aliphatic heterocycles. The highest BCUT2D eigenvalue weighted by Crippen LogP contribution is 2.30. The Kier molecular flexibility index (Phi) is 4.62. The second-order valence-corrected chi connectivity index (χ2v) is 5.45. The SMILES string of the molecule is CCC1CCC(CNc2ncc(N)cc2C#N)CC1. The molecule has 3 N–H and O–H groups in total. The molecule has 1 aliphatic carbocycles. The fourth-order valence-corrected chi connectivity index (χ4v) is 2.79. The Morgan fingerprint density at radius 3 is 2.68 bits per heavy atom. The van der Waals surface area contributed by atoms with E-state index in [0.29, 0.717) is 23.0 Å². The van der Waals surface area contributed by atoms with Crippen molar-refractivity contribution in [3.8, 4) is 6.07 Å². The van der Waals surface area contributed by atoms with Gasteiger partial charge in [0, 0.05) is 6.54 Å². The van der Waals surface area contributed by atoms with Crippen LogP contribution < -0.4 is 11.1 Å². The van der Waals surface area contributed by atoms with Gasteiger partial charge in [-0.2, -0.15) is 5.26 Å². The van der Waals surface area contributed by atoms with Crippen LogP contribution in [-0.2, 0) is 0 Å². The van der Waals surface area contributed by atoms with E-state index in [4.69, 9.17) is 11.0 Å². The molecule has 0 saturated heterocycles. The van der Waals surface area contributed by atoms with Crippen molar-refractivity contribution in [2.24, 2.45) is 11.8 Å². The van der Waals surface area contributed by atoms with Gasteiger partial charge in [0.05, 0.1) is 17.4 Å². The third-order valence-corrected chi connectivity index (χ3v) is 4.13. The molecule has 0 aromatic carbocycles. The molecule has 19 heavy (non-hydrogen) atoms. The minimum absolute atomic E-state index is 0.530. The number of hydrogen-bond acceptors (Lipinski definition) is 4. The van der Waals surface area contributed by atoms with Crippen LogP contribution in [0.25, 0.3) is 0 Å². The van der Waals surface area contributed by atoms with Gasteiger partial charge in [0.15, 0.2) is 0 Å². The molecule has 1 aromatic heterocycles. The average molecular weight is 258 g/mol. The molecule has 1 saturated carbocycles. The van der Waals surface area contributed by atoms with Crippen molar-refractivity contribution >= 4 is 11.5 Å². The summed E-state index contributed by atoms with van der Waals surface area (Å²) in [6.07, 6.45) is 8.13. The summed E-state index contributed by atoms with van der Waals surface area (Å²) in [5.74, 6) is 2.28. The van der Waals surface area contributed by atoms with Gasteiger partial charge < -0.3 is 11.1 Å². The van der Waals surface area contributed by atoms with Gasteiger partial charge >= 0.3 is 0 Å². The van der Waals surface area contributed by atoms with Gasteiger partial charge in [-0.3, -0.25) is 0 Å². The molecular formula is C15H22N4. The van der Waals surface area contributed by atoms with Crippen molar-refractivity contribution in [1.29, 1.82) is 5.26 Å². The topological polar surface area (TPSA) is 74.7 Å². The third kappa shape index (κ3) is 3.60. The van der Waals surface area contributed by atoms with E-state index in [2.05, 4.69) is 23.3 Å². The normalized spacial score (nSPS) is 22.7. The van der Waals surface area contributed by atoms with Crippen molar-refractivity contribution < 1.29 is 0 Å². The van der Waals surface area contributed by atoms with Crippen LogP contribution in [-0.4, -0.2) is 11.5 Å². The molecule has 0 atom stereocenters. The number of nitrogens with one attached hydrogen (secondary N) is 1. The monoisotopic (exact) mass is 258 g/mol. The van der Waals surface area contributed by atoms with Crippen molar-refractivity contribution in [2.45, 2.75) is 39.0 Å². The van der Waals surface area contributed by atoms with Gasteiger partial charge in [-0.15, -0.1) is 0 Å². The van der Waals surface area contributed by atoms with Crippen molar-refractivity contribution in [1.82, 2.24) is 4.98 Å². The Morgan fingerprint density at radius 1 is 1.37 bits per heavy atom. The third-order valence-electron chi connectivity index (χ3n) is 4.13. The van der Waals surface area contributed by atoms with Crippen LogP contribution in [0.3, 0.4) is 0 Å². The quantitative estimate of drug-likeness (QED) is 0.869. The number of nitriles is 1. The molecule has 102 valence electrons. The lowest BCUT2D eigenvalue weighted by atomic mass is 9.81. The Labute approximate surface area is 115 Å². The summed E-state index contributed by atoms with van der Waals surface area (Å²) in [4.78, 5) is 4.21. The van der Waals surface area contributed by atoms with Gasteiger partial charge in [-0.05, 0) is 30.7 Å². The fraction of sp³-hybridized carbons (Fsp3) is 0.600. The van der Waals surface area contributed by atoms with Crippen LogP contribution in [0.5, 0.6) is 0 Å². The molecule has 4 nitrogen and oxygen atoms in total. The van der Waals surface area contributed by atoms with Crippen LogP contribution in [0, 0.1) is 23.2 Å². The largest absolute Gasteiger partial charge is 0.397 e. The lowest BCUT2D eigenvalue weighted by molar-refractivity contribution is 0.278. The molecule has 4 heteroatoms. The predicted molar refractivity (Wildman–Crippen MR) is 77.6 cm³/mol. The molecule has 1 aromatic rings. The van der Waals surface area contributed by atoms with E-state index in [1.165, 1.54) is 32.1 Å². The van der Waals surface area contributed by atoms with Crippen molar-refractivity contribution in [3.05, 3.63) is 17.8 Å². The number of nitrogen functional groups attached to an aromatic ring is 1. The zero-order chi connectivity index (χ0) is 13.7. The maximum absolute atomic E-state index is 9.06. The standard InChI is InChI=1S/C15H22N4/c1-2-11-3-5-12(6-4-11)9-18-15-13(8-16)7-14(17)10-19-15/h7,10-12H,2-6,9,17H2,1H3,(H,18,19). The molecule has 1 heterocycles. The number of aromatic nitrogens is 1. The van der Waals surface area contributed by atoms with E-state index >= 15 is 0 Å². The van der Waals surface area contributed by atoms with E-state index in [1.54, 1.807) is 12.3 Å². The van der Waals surface area contributed by atoms with Crippen LogP contribution in [0.15, 0.2) is 12.3 Å². The molecule has 0 bridgehead atoms. The second kappa shape index (κ2) is 6.42. The highest BCUT2D eigenvalue weighted by atomic mass is 15.0. The molecular weight excluding hydrogens is 236 g/mol. The minimum atomic E-state index is 0.530. The number of rotatable bonds is 4. The van der Waals surface area contributed by atoms with E-state index in [1.807, 2.05) is 0 Å². The molecule has 1 aliphatic rings. The number of nitrogens with two attached hydrogens (primary N) is 1. The summed E-state index contributed by atoms with van der Waals surface area (Å²) in [5.41, 5.74) is 6.69. The highest BCUT2D eigenvalue weighted by molar-refractivity contribution is 5.57. The van der Waals surface area contributed by atoms with Gasteiger partial charge in [0.1, 0.15) is 11.9 Å². The Bertz CT molecular complexity index is 456. The number of pyridine rings is 1. The zero-order valence-corrected chi connectivity index (χ0v) is 11.5. The fourth-order valence-electron chi connectivity index (χ4n) is 2.79. The molecule has 0 unspecified atom stereocenters. The van der Waals surface area contributed by atoms with Crippen molar-refractivity contribution in [3.63, 3.8) is 0 Å². The maximum Gasteiger partial charge on any atom is 0.144 e. The summed E-state index contributed by atoms with van der Waals surface area (Å²) >= 11 is 0. The van der Waals surface area contributed by atoms with E-state index < -0.39 is 0 Å². The van der Waals surface area contributed by atoms with E-state index in [-0.39, 0.29) is 0 Å². The van der Waals surface area contributed by atoms with Gasteiger partial charge in [-0.1, -0.05) is 26.2 Å². The first-order valence-corrected chi connectivity index (χ1v) is 7.12. The minimum Gasteiger partial charge on any atom is -0.397 e. The van der Waals surface area contributed by atoms with E-state index in [0.717, 1.165) is 12.5 Å². The lowest BCUT2D eigenvalue weighted by Crippen LogP contribution is -2.21. The Morgan fingerprint density at radius 2 is 2.05 bits per heavy atom. The molecule has 1 fully saturated rings. The first-order chi connectivity index (χ1) is 9.22. The summed E-state index contributed by atoms with van der Waals surface area (Å²) in [5, 5.41) is 12.4. The van der Waals surface area contributed by atoms with Gasteiger partial charge in [-0.25, -0.2) is 4.98 Å².